The fraction of sp³-hybridized carbons (Fsp3) is 0.211. The number of carbonyl (C=O) groups is 1. The highest BCUT2D eigenvalue weighted by Crippen LogP contribution is 2.20. The number of fused-ring (bicyclic) bond motifs is 1. The summed E-state index contributed by atoms with van der Waals surface area (Å²) in [4.78, 5) is 19.4. The first kappa shape index (κ1) is 16.9. The largest absolute Gasteiger partial charge is 0.431 e. The number of aryl methyl sites for hydroxylation is 3. The summed E-state index contributed by atoms with van der Waals surface area (Å²) in [5.41, 5.74) is 10.6. The SMILES string of the molecule is Cc1cc(C)cc(N=c2oc3c(C)[nH+]cc(CO)c3cc2C(N)=O)c1. The first-order valence-corrected chi connectivity index (χ1v) is 7.90. The number of nitrogens with one attached hydrogen (secondary N) is 1. The van der Waals surface area contributed by atoms with E-state index in [0.29, 0.717) is 22.2 Å². The molecule has 0 aliphatic heterocycles. The van der Waals surface area contributed by atoms with Crippen LogP contribution in [-0.4, -0.2) is 11.0 Å². The number of hydrogen-bond acceptors (Lipinski definition) is 4. The van der Waals surface area contributed by atoms with Crippen LogP contribution in [0.2, 0.25) is 0 Å². The predicted molar refractivity (Wildman–Crippen MR) is 93.1 cm³/mol. The van der Waals surface area contributed by atoms with Gasteiger partial charge in [-0.2, -0.15) is 0 Å². The molecule has 6 heteroatoms. The van der Waals surface area contributed by atoms with Crippen LogP contribution in [0, 0.1) is 20.8 Å². The Hall–Kier alpha value is -2.99. The van der Waals surface area contributed by atoms with Gasteiger partial charge in [0.2, 0.25) is 16.8 Å². The molecular weight excluding hydrogens is 318 g/mol. The third-order valence-corrected chi connectivity index (χ3v) is 3.98. The van der Waals surface area contributed by atoms with Gasteiger partial charge in [-0.15, -0.1) is 0 Å². The first-order valence-electron chi connectivity index (χ1n) is 7.90. The van der Waals surface area contributed by atoms with E-state index in [-0.39, 0.29) is 17.7 Å². The molecule has 0 unspecified atom stereocenters. The van der Waals surface area contributed by atoms with E-state index in [1.54, 1.807) is 12.3 Å². The number of rotatable bonds is 3. The Morgan fingerprint density at radius 1 is 1.20 bits per heavy atom. The van der Waals surface area contributed by atoms with Crippen molar-refractivity contribution in [2.45, 2.75) is 27.4 Å². The van der Waals surface area contributed by atoms with E-state index < -0.39 is 5.91 Å². The molecule has 2 heterocycles. The Kier molecular flexibility index (Phi) is 4.37. The number of aliphatic hydroxyl groups excluding tert-OH is 1. The van der Waals surface area contributed by atoms with Crippen molar-refractivity contribution in [1.82, 2.24) is 0 Å². The number of pyridine rings is 1. The number of amides is 1. The Bertz CT molecular complexity index is 1030. The molecule has 3 aromatic rings. The van der Waals surface area contributed by atoms with Gasteiger partial charge in [-0.1, -0.05) is 6.07 Å². The summed E-state index contributed by atoms with van der Waals surface area (Å²) in [7, 11) is 0. The number of primary amides is 1. The molecule has 2 aromatic heterocycles. The van der Waals surface area contributed by atoms with Crippen LogP contribution < -0.4 is 16.3 Å². The van der Waals surface area contributed by atoms with Gasteiger partial charge >= 0.3 is 0 Å². The Morgan fingerprint density at radius 3 is 2.48 bits per heavy atom. The molecular formula is C19H20N3O3+. The second kappa shape index (κ2) is 6.49. The minimum Gasteiger partial charge on any atom is -0.431 e. The van der Waals surface area contributed by atoms with Crippen LogP contribution in [0.4, 0.5) is 5.69 Å². The van der Waals surface area contributed by atoms with E-state index in [1.807, 2.05) is 39.0 Å². The van der Waals surface area contributed by atoms with Crippen molar-refractivity contribution >= 4 is 22.6 Å². The lowest BCUT2D eigenvalue weighted by atomic mass is 10.1. The highest BCUT2D eigenvalue weighted by atomic mass is 16.3. The molecule has 0 radical (unpaired) electrons. The average molecular weight is 338 g/mol. The lowest BCUT2D eigenvalue weighted by Gasteiger charge is -2.05. The van der Waals surface area contributed by atoms with Crippen LogP contribution >= 0.6 is 0 Å². The summed E-state index contributed by atoms with van der Waals surface area (Å²) in [6, 6.07) is 7.47. The molecule has 1 aromatic carbocycles. The molecule has 0 saturated heterocycles. The third-order valence-electron chi connectivity index (χ3n) is 3.98. The van der Waals surface area contributed by atoms with Gasteiger partial charge in [0.05, 0.1) is 17.9 Å². The van der Waals surface area contributed by atoms with Crippen LogP contribution in [0.5, 0.6) is 0 Å². The van der Waals surface area contributed by atoms with Crippen LogP contribution in [0.1, 0.15) is 32.7 Å². The third kappa shape index (κ3) is 3.29. The average Bonchev–Trinajstić information content (AvgIpc) is 2.54. The van der Waals surface area contributed by atoms with Crippen molar-refractivity contribution in [3.63, 3.8) is 0 Å². The predicted octanol–water partition coefficient (Wildman–Crippen LogP) is 2.00. The monoisotopic (exact) mass is 338 g/mol. The van der Waals surface area contributed by atoms with E-state index in [0.717, 1.165) is 16.8 Å². The smallest absolute Gasteiger partial charge is 0.254 e. The number of aromatic amines is 1. The summed E-state index contributed by atoms with van der Waals surface area (Å²) in [5, 5.41) is 10.2. The molecule has 0 fully saturated rings. The van der Waals surface area contributed by atoms with E-state index in [9.17, 15) is 9.90 Å². The standard InChI is InChI=1S/C19H19N3O3/c1-10-4-11(2)6-14(5-10)22-19-16(18(20)24)7-15-13(9-23)8-21-12(3)17(15)25-19/h4-8,23H,9H2,1-3H3,(H2,20,24)/p+1. The highest BCUT2D eigenvalue weighted by Gasteiger charge is 2.16. The molecule has 25 heavy (non-hydrogen) atoms. The van der Waals surface area contributed by atoms with Gasteiger partial charge in [-0.25, -0.2) is 9.98 Å². The summed E-state index contributed by atoms with van der Waals surface area (Å²) in [5.74, 6) is -0.636. The lowest BCUT2D eigenvalue weighted by Crippen LogP contribution is -2.23. The van der Waals surface area contributed by atoms with Crippen molar-refractivity contribution in [1.29, 1.82) is 0 Å². The van der Waals surface area contributed by atoms with Crippen molar-refractivity contribution in [3.05, 3.63) is 64.0 Å². The van der Waals surface area contributed by atoms with Crippen molar-refractivity contribution in [2.24, 2.45) is 10.7 Å². The number of nitrogens with zero attached hydrogens (tertiary/aromatic N) is 1. The topological polar surface area (TPSA) is 103 Å². The number of aliphatic hydroxyl groups is 1. The summed E-state index contributed by atoms with van der Waals surface area (Å²) >= 11 is 0. The van der Waals surface area contributed by atoms with Crippen LogP contribution in [0.3, 0.4) is 0 Å². The molecule has 0 aliphatic rings. The zero-order valence-corrected chi connectivity index (χ0v) is 14.4. The van der Waals surface area contributed by atoms with Gasteiger partial charge in [0.15, 0.2) is 6.20 Å². The molecule has 1 amide bonds. The Labute approximate surface area is 144 Å². The zero-order chi connectivity index (χ0) is 18.1. The first-order chi connectivity index (χ1) is 11.9. The van der Waals surface area contributed by atoms with Gasteiger partial charge in [-0.3, -0.25) is 4.79 Å². The maximum Gasteiger partial charge on any atom is 0.254 e. The fourth-order valence-electron chi connectivity index (χ4n) is 2.86. The lowest BCUT2D eigenvalue weighted by molar-refractivity contribution is -0.386. The maximum atomic E-state index is 11.9. The van der Waals surface area contributed by atoms with Gasteiger partial charge in [0.25, 0.3) is 5.91 Å². The molecule has 0 atom stereocenters. The molecule has 0 aliphatic carbocycles. The summed E-state index contributed by atoms with van der Waals surface area (Å²) in [6.45, 7) is 5.61. The van der Waals surface area contributed by atoms with Crippen molar-refractivity contribution in [2.75, 3.05) is 0 Å². The molecule has 4 N–H and O–H groups in total. The number of hydrogen-bond donors (Lipinski definition) is 2. The maximum absolute atomic E-state index is 11.9. The van der Waals surface area contributed by atoms with Gasteiger partial charge in [0, 0.05) is 12.3 Å². The number of aromatic nitrogens is 1. The Balaban J connectivity index is 2.37. The molecule has 0 bridgehead atoms. The van der Waals surface area contributed by atoms with E-state index in [1.165, 1.54) is 0 Å². The molecule has 6 nitrogen and oxygen atoms in total. The fourth-order valence-corrected chi connectivity index (χ4v) is 2.86. The molecule has 0 saturated carbocycles. The highest BCUT2D eigenvalue weighted by molar-refractivity contribution is 5.96. The van der Waals surface area contributed by atoms with Crippen LogP contribution in [-0.2, 0) is 6.61 Å². The minimum absolute atomic E-state index is 0.150. The summed E-state index contributed by atoms with van der Waals surface area (Å²) < 4.78 is 5.90. The van der Waals surface area contributed by atoms with E-state index in [2.05, 4.69) is 9.98 Å². The van der Waals surface area contributed by atoms with Crippen molar-refractivity contribution < 1.29 is 19.3 Å². The van der Waals surface area contributed by atoms with E-state index >= 15 is 0 Å². The summed E-state index contributed by atoms with van der Waals surface area (Å²) in [6.07, 6.45) is 1.68. The Morgan fingerprint density at radius 2 is 1.88 bits per heavy atom. The minimum atomic E-state index is -0.636. The molecule has 128 valence electrons. The number of benzene rings is 1. The van der Waals surface area contributed by atoms with E-state index in [4.69, 9.17) is 10.2 Å². The van der Waals surface area contributed by atoms with Crippen LogP contribution in [0.15, 0.2) is 39.9 Å². The van der Waals surface area contributed by atoms with Gasteiger partial charge < -0.3 is 15.3 Å². The second-order valence-electron chi connectivity index (χ2n) is 6.13. The number of carbonyl (C=O) groups excluding carboxylic acids is 1. The van der Waals surface area contributed by atoms with Crippen LogP contribution in [0.25, 0.3) is 11.0 Å². The number of nitrogens with two attached hydrogens (primary N) is 1. The normalized spacial score (nSPS) is 11.9. The quantitative estimate of drug-likeness (QED) is 0.763. The second-order valence-corrected chi connectivity index (χ2v) is 6.13. The zero-order valence-electron chi connectivity index (χ0n) is 14.4. The molecule has 3 rings (SSSR count). The van der Waals surface area contributed by atoms with Gasteiger partial charge in [0.1, 0.15) is 5.56 Å². The van der Waals surface area contributed by atoms with Gasteiger partial charge in [-0.05, 0) is 43.2 Å². The molecule has 0 spiro atoms. The van der Waals surface area contributed by atoms with Crippen molar-refractivity contribution in [3.8, 4) is 0 Å². The number of H-pyrrole nitrogens is 1.